The molecule has 0 aliphatic rings. The molecule has 0 saturated heterocycles. The van der Waals surface area contributed by atoms with Gasteiger partial charge in [-0.15, -0.1) is 0 Å². The topological polar surface area (TPSA) is 90.0 Å². The normalized spacial score (nSPS) is 11.8. The molecule has 0 atom stereocenters. The Kier molecular flexibility index (Phi) is 4.44. The van der Waals surface area contributed by atoms with Crippen LogP contribution in [-0.2, 0) is 30.2 Å². The average Bonchev–Trinajstić information content (AvgIpc) is 2.82. The molecule has 1 aromatic heterocycles. The first-order chi connectivity index (χ1) is 9.42. The first kappa shape index (κ1) is 15.0. The van der Waals surface area contributed by atoms with Crippen molar-refractivity contribution in [1.29, 1.82) is 0 Å². The molecule has 0 aliphatic heterocycles. The van der Waals surface area contributed by atoms with Gasteiger partial charge < -0.3 is 5.73 Å². The number of rotatable bonds is 5. The van der Waals surface area contributed by atoms with Gasteiger partial charge in [0.1, 0.15) is 0 Å². The summed E-state index contributed by atoms with van der Waals surface area (Å²) in [5, 5.41) is 4.32. The van der Waals surface area contributed by atoms with E-state index in [1.165, 1.54) is 12.1 Å². The van der Waals surface area contributed by atoms with E-state index in [1.54, 1.807) is 30.2 Å². The molecule has 20 heavy (non-hydrogen) atoms. The molecule has 0 unspecified atom stereocenters. The third-order valence-electron chi connectivity index (χ3n) is 2.78. The lowest BCUT2D eigenvalue weighted by Crippen LogP contribution is -2.23. The fourth-order valence-corrected chi connectivity index (χ4v) is 3.05. The van der Waals surface area contributed by atoms with E-state index < -0.39 is 10.0 Å². The number of aromatic nitrogens is 2. The van der Waals surface area contributed by atoms with Crippen LogP contribution in [0.4, 0.5) is 0 Å². The Morgan fingerprint density at radius 3 is 2.75 bits per heavy atom. The van der Waals surface area contributed by atoms with Gasteiger partial charge in [0, 0.05) is 36.9 Å². The van der Waals surface area contributed by atoms with Crippen LogP contribution < -0.4 is 10.5 Å². The van der Waals surface area contributed by atoms with E-state index in [-0.39, 0.29) is 18.0 Å². The molecule has 0 spiro atoms. The molecule has 0 radical (unpaired) electrons. The fourth-order valence-electron chi connectivity index (χ4n) is 1.69. The average molecular weight is 315 g/mol. The number of halogens is 1. The van der Waals surface area contributed by atoms with Crippen molar-refractivity contribution in [2.24, 2.45) is 12.8 Å². The maximum absolute atomic E-state index is 12.1. The number of sulfonamides is 1. The number of hydrogen-bond donors (Lipinski definition) is 2. The molecule has 8 heteroatoms. The van der Waals surface area contributed by atoms with E-state index in [4.69, 9.17) is 17.3 Å². The van der Waals surface area contributed by atoms with Crippen molar-refractivity contribution in [2.75, 3.05) is 0 Å². The van der Waals surface area contributed by atoms with Gasteiger partial charge in [-0.05, 0) is 17.7 Å². The zero-order valence-electron chi connectivity index (χ0n) is 10.9. The summed E-state index contributed by atoms with van der Waals surface area (Å²) >= 11 is 5.97. The van der Waals surface area contributed by atoms with Crippen LogP contribution in [0.15, 0.2) is 35.5 Å². The molecule has 6 nitrogen and oxygen atoms in total. The van der Waals surface area contributed by atoms with Crippen molar-refractivity contribution < 1.29 is 8.42 Å². The lowest BCUT2D eigenvalue weighted by Gasteiger charge is -2.08. The summed E-state index contributed by atoms with van der Waals surface area (Å²) in [5.41, 5.74) is 6.97. The van der Waals surface area contributed by atoms with Gasteiger partial charge in [-0.2, -0.15) is 5.10 Å². The molecule has 0 amide bonds. The molecule has 0 saturated carbocycles. The van der Waals surface area contributed by atoms with E-state index >= 15 is 0 Å². The third kappa shape index (κ3) is 3.37. The van der Waals surface area contributed by atoms with E-state index in [1.807, 2.05) is 0 Å². The molecular formula is C12H15ClN4O2S. The summed E-state index contributed by atoms with van der Waals surface area (Å²) in [6.45, 7) is 0.439. The first-order valence-corrected chi connectivity index (χ1v) is 7.74. The predicted molar refractivity (Wildman–Crippen MR) is 76.6 cm³/mol. The molecule has 1 heterocycles. The molecule has 1 aromatic carbocycles. The zero-order valence-corrected chi connectivity index (χ0v) is 12.4. The SMILES string of the molecule is Cn1cc(CNS(=O)(=O)c2ccc(CN)c(Cl)c2)cn1. The quantitative estimate of drug-likeness (QED) is 0.862. The molecule has 0 fully saturated rings. The van der Waals surface area contributed by atoms with Gasteiger partial charge in [-0.3, -0.25) is 4.68 Å². The van der Waals surface area contributed by atoms with Crippen molar-refractivity contribution in [3.63, 3.8) is 0 Å². The highest BCUT2D eigenvalue weighted by atomic mass is 35.5. The van der Waals surface area contributed by atoms with Gasteiger partial charge in [0.05, 0.1) is 11.1 Å². The van der Waals surface area contributed by atoms with Crippen LogP contribution in [0.5, 0.6) is 0 Å². The van der Waals surface area contributed by atoms with E-state index in [9.17, 15) is 8.42 Å². The first-order valence-electron chi connectivity index (χ1n) is 5.88. The maximum atomic E-state index is 12.1. The van der Waals surface area contributed by atoms with Gasteiger partial charge in [0.2, 0.25) is 10.0 Å². The van der Waals surface area contributed by atoms with Gasteiger partial charge >= 0.3 is 0 Å². The summed E-state index contributed by atoms with van der Waals surface area (Å²) in [6.07, 6.45) is 3.35. The number of benzene rings is 1. The van der Waals surface area contributed by atoms with Crippen LogP contribution in [0.2, 0.25) is 5.02 Å². The number of hydrogen-bond acceptors (Lipinski definition) is 4. The van der Waals surface area contributed by atoms with Crippen molar-refractivity contribution in [1.82, 2.24) is 14.5 Å². The second kappa shape index (κ2) is 5.92. The summed E-state index contributed by atoms with van der Waals surface area (Å²) in [7, 11) is -1.84. The Morgan fingerprint density at radius 2 is 2.20 bits per heavy atom. The highest BCUT2D eigenvalue weighted by Crippen LogP contribution is 2.20. The van der Waals surface area contributed by atoms with Crippen molar-refractivity contribution in [2.45, 2.75) is 18.0 Å². The summed E-state index contributed by atoms with van der Waals surface area (Å²) in [6, 6.07) is 4.50. The van der Waals surface area contributed by atoms with Gasteiger partial charge in [0.25, 0.3) is 0 Å². The molecule has 3 N–H and O–H groups in total. The lowest BCUT2D eigenvalue weighted by molar-refractivity contribution is 0.581. The number of nitrogens with zero attached hydrogens (tertiary/aromatic N) is 2. The molecule has 0 aliphatic carbocycles. The smallest absolute Gasteiger partial charge is 0.240 e. The largest absolute Gasteiger partial charge is 0.326 e. The maximum Gasteiger partial charge on any atom is 0.240 e. The van der Waals surface area contributed by atoms with Crippen LogP contribution in [0.1, 0.15) is 11.1 Å². The van der Waals surface area contributed by atoms with E-state index in [0.717, 1.165) is 5.56 Å². The van der Waals surface area contributed by atoms with Crippen LogP contribution in [-0.4, -0.2) is 18.2 Å². The number of aryl methyl sites for hydroxylation is 1. The number of nitrogens with two attached hydrogens (primary N) is 1. The Labute approximate surface area is 122 Å². The standard InChI is InChI=1S/C12H15ClN4O2S/c1-17-8-9(6-15-17)7-16-20(18,19)11-3-2-10(5-14)12(13)4-11/h2-4,6,8,16H,5,7,14H2,1H3. The molecule has 2 rings (SSSR count). The number of nitrogens with one attached hydrogen (secondary N) is 1. The van der Waals surface area contributed by atoms with Gasteiger partial charge in [-0.1, -0.05) is 17.7 Å². The van der Waals surface area contributed by atoms with Gasteiger partial charge in [-0.25, -0.2) is 13.1 Å². The summed E-state index contributed by atoms with van der Waals surface area (Å²) in [4.78, 5) is 0.114. The van der Waals surface area contributed by atoms with Crippen LogP contribution >= 0.6 is 11.6 Å². The zero-order chi connectivity index (χ0) is 14.8. The molecular weight excluding hydrogens is 300 g/mol. The minimum absolute atomic E-state index is 0.114. The summed E-state index contributed by atoms with van der Waals surface area (Å²) < 4.78 is 28.4. The second-order valence-electron chi connectivity index (χ2n) is 4.30. The van der Waals surface area contributed by atoms with Gasteiger partial charge in [0.15, 0.2) is 0 Å². The highest BCUT2D eigenvalue weighted by molar-refractivity contribution is 7.89. The minimum atomic E-state index is -3.61. The van der Waals surface area contributed by atoms with Crippen molar-refractivity contribution in [3.05, 3.63) is 46.7 Å². The fraction of sp³-hybridized carbons (Fsp3) is 0.250. The van der Waals surface area contributed by atoms with Crippen LogP contribution in [0, 0.1) is 0 Å². The molecule has 2 aromatic rings. The molecule has 108 valence electrons. The van der Waals surface area contributed by atoms with Crippen molar-refractivity contribution >= 4 is 21.6 Å². The van der Waals surface area contributed by atoms with E-state index in [0.29, 0.717) is 10.6 Å². The van der Waals surface area contributed by atoms with Crippen LogP contribution in [0.25, 0.3) is 0 Å². The monoisotopic (exact) mass is 314 g/mol. The predicted octanol–water partition coefficient (Wildman–Crippen LogP) is 1.01. The Morgan fingerprint density at radius 1 is 1.45 bits per heavy atom. The van der Waals surface area contributed by atoms with E-state index in [2.05, 4.69) is 9.82 Å². The Hall–Kier alpha value is -1.41. The third-order valence-corrected chi connectivity index (χ3v) is 4.53. The van der Waals surface area contributed by atoms with Crippen molar-refractivity contribution in [3.8, 4) is 0 Å². The minimum Gasteiger partial charge on any atom is -0.326 e. The van der Waals surface area contributed by atoms with Crippen LogP contribution in [0.3, 0.4) is 0 Å². The Bertz CT molecular complexity index is 712. The summed E-state index contributed by atoms with van der Waals surface area (Å²) in [5.74, 6) is 0. The Balaban J connectivity index is 2.15. The second-order valence-corrected chi connectivity index (χ2v) is 6.48. The highest BCUT2D eigenvalue weighted by Gasteiger charge is 2.15. The molecule has 0 bridgehead atoms. The lowest BCUT2D eigenvalue weighted by atomic mass is 10.2.